The van der Waals surface area contributed by atoms with Gasteiger partial charge in [-0.2, -0.15) is 0 Å². The second-order valence-corrected chi connectivity index (χ2v) is 12.8. The molecule has 2 saturated carbocycles. The third-order valence-corrected chi connectivity index (χ3v) is 8.38. The minimum Gasteiger partial charge on any atom is -0.508 e. The SMILES string of the molecule is CC(C)(C)CN(Cc1cc(O)c2c(c1F)CC1C[C@H]3CC(=O)C(C(N)=O)=C(O)[C@@]3(O)C(=O)C1=C2O)CC1CC1. The number of primary amides is 1. The molecule has 0 aliphatic heterocycles. The van der Waals surface area contributed by atoms with Gasteiger partial charge in [0.05, 0.1) is 5.56 Å². The highest BCUT2D eigenvalue weighted by molar-refractivity contribution is 6.22. The molecular weight excluding hydrogens is 507 g/mol. The zero-order chi connectivity index (χ0) is 28.6. The molecule has 6 N–H and O–H groups in total. The van der Waals surface area contributed by atoms with Crippen LogP contribution in [0.1, 0.15) is 63.1 Å². The Morgan fingerprint density at radius 1 is 1.18 bits per heavy atom. The van der Waals surface area contributed by atoms with Gasteiger partial charge in [-0.3, -0.25) is 19.3 Å². The van der Waals surface area contributed by atoms with Crippen molar-refractivity contribution in [1.29, 1.82) is 0 Å². The number of nitrogens with two attached hydrogens (primary N) is 1. The fraction of sp³-hybridized carbons (Fsp3) is 0.552. The first-order chi connectivity index (χ1) is 18.1. The van der Waals surface area contributed by atoms with Gasteiger partial charge >= 0.3 is 0 Å². The Hall–Kier alpha value is -3.24. The largest absolute Gasteiger partial charge is 0.508 e. The molecule has 0 saturated heterocycles. The predicted molar refractivity (Wildman–Crippen MR) is 139 cm³/mol. The number of phenolic OH excluding ortho intramolecular Hbond substituents is 1. The van der Waals surface area contributed by atoms with Crippen molar-refractivity contribution < 1.29 is 39.2 Å². The van der Waals surface area contributed by atoms with Crippen molar-refractivity contribution >= 4 is 23.2 Å². The van der Waals surface area contributed by atoms with Crippen LogP contribution in [0.5, 0.6) is 5.75 Å². The number of rotatable bonds is 6. The topological polar surface area (TPSA) is 161 Å². The number of amides is 1. The van der Waals surface area contributed by atoms with Crippen molar-refractivity contribution in [3.63, 3.8) is 0 Å². The number of hydrogen-bond acceptors (Lipinski definition) is 8. The normalized spacial score (nSPS) is 27.0. The van der Waals surface area contributed by atoms with E-state index in [2.05, 4.69) is 25.7 Å². The molecule has 1 aromatic rings. The molecule has 10 heteroatoms. The molecule has 9 nitrogen and oxygen atoms in total. The number of Topliss-reactive ketones (excluding diaryl/α,β-unsaturated/α-hetero) is 2. The van der Waals surface area contributed by atoms with Crippen LogP contribution in [0.25, 0.3) is 5.76 Å². The van der Waals surface area contributed by atoms with E-state index in [-0.39, 0.29) is 47.1 Å². The van der Waals surface area contributed by atoms with E-state index < -0.39 is 70.0 Å². The minimum absolute atomic E-state index is 0.0252. The summed E-state index contributed by atoms with van der Waals surface area (Å²) in [7, 11) is 0. The Kier molecular flexibility index (Phi) is 6.42. The van der Waals surface area contributed by atoms with Crippen molar-refractivity contribution in [3.8, 4) is 5.75 Å². The Morgan fingerprint density at radius 3 is 2.44 bits per heavy atom. The molecule has 1 amide bonds. The summed E-state index contributed by atoms with van der Waals surface area (Å²) in [4.78, 5) is 40.0. The average molecular weight is 543 g/mol. The number of carbonyl (C=O) groups excluding carboxylic acids is 3. The van der Waals surface area contributed by atoms with E-state index in [9.17, 15) is 34.8 Å². The first-order valence-corrected chi connectivity index (χ1v) is 13.4. The molecule has 0 aromatic heterocycles. The van der Waals surface area contributed by atoms with Crippen molar-refractivity contribution in [2.45, 2.75) is 65.0 Å². The molecule has 39 heavy (non-hydrogen) atoms. The molecule has 0 spiro atoms. The molecule has 5 rings (SSSR count). The maximum atomic E-state index is 16.0. The van der Waals surface area contributed by atoms with Crippen LogP contribution in [0, 0.1) is 29.0 Å². The lowest BCUT2D eigenvalue weighted by atomic mass is 9.59. The fourth-order valence-corrected chi connectivity index (χ4v) is 6.60. The monoisotopic (exact) mass is 542 g/mol. The Labute approximate surface area is 225 Å². The number of benzene rings is 1. The molecule has 4 aliphatic rings. The van der Waals surface area contributed by atoms with E-state index in [1.165, 1.54) is 6.07 Å². The van der Waals surface area contributed by atoms with Crippen molar-refractivity contribution in [2.24, 2.45) is 28.9 Å². The van der Waals surface area contributed by atoms with E-state index in [0.29, 0.717) is 5.92 Å². The molecule has 2 fully saturated rings. The second kappa shape index (κ2) is 9.16. The second-order valence-electron chi connectivity index (χ2n) is 12.8. The van der Waals surface area contributed by atoms with E-state index in [0.717, 1.165) is 25.9 Å². The Morgan fingerprint density at radius 2 is 1.85 bits per heavy atom. The third kappa shape index (κ3) is 4.53. The van der Waals surface area contributed by atoms with Crippen molar-refractivity contribution in [3.05, 3.63) is 45.5 Å². The third-order valence-electron chi connectivity index (χ3n) is 8.38. The lowest BCUT2D eigenvalue weighted by Gasteiger charge is -2.46. The summed E-state index contributed by atoms with van der Waals surface area (Å²) < 4.78 is 16.0. The number of ketones is 2. The fourth-order valence-electron chi connectivity index (χ4n) is 6.60. The summed E-state index contributed by atoms with van der Waals surface area (Å²) in [5, 5.41) is 44.0. The zero-order valence-corrected chi connectivity index (χ0v) is 22.4. The Bertz CT molecular complexity index is 1350. The maximum absolute atomic E-state index is 16.0. The predicted octanol–water partition coefficient (Wildman–Crippen LogP) is 2.82. The quantitative estimate of drug-likeness (QED) is 0.343. The van der Waals surface area contributed by atoms with Crippen LogP contribution < -0.4 is 5.73 Å². The van der Waals surface area contributed by atoms with Crippen LogP contribution in [0.4, 0.5) is 4.39 Å². The first kappa shape index (κ1) is 27.3. The summed E-state index contributed by atoms with van der Waals surface area (Å²) in [6.07, 6.45) is 1.77. The van der Waals surface area contributed by atoms with Gasteiger partial charge in [0.1, 0.15) is 28.7 Å². The molecule has 4 aliphatic carbocycles. The standard InChI is InChI=1S/C29H35FN2O7/c1-28(2,3)12-32(10-13-4-5-13)11-15-8-18(33)21-17(23(15)30)7-14-6-16-9-19(34)22(27(31)38)26(37)29(16,39)25(36)20(14)24(21)35/h8,13-14,16,33,35,37,39H,4-7,9-12H2,1-3H3,(H2,31,38)/t14?,16-,29-/m0/s1. The van der Waals surface area contributed by atoms with Gasteiger partial charge in [-0.15, -0.1) is 0 Å². The summed E-state index contributed by atoms with van der Waals surface area (Å²) >= 11 is 0. The van der Waals surface area contributed by atoms with Gasteiger partial charge < -0.3 is 26.2 Å². The van der Waals surface area contributed by atoms with Gasteiger partial charge in [0.25, 0.3) is 5.91 Å². The van der Waals surface area contributed by atoms with E-state index in [1.807, 2.05) is 0 Å². The lowest BCUT2D eigenvalue weighted by molar-refractivity contribution is -0.147. The number of nitrogens with zero attached hydrogens (tertiary/aromatic N) is 1. The molecule has 210 valence electrons. The van der Waals surface area contributed by atoms with Crippen LogP contribution >= 0.6 is 0 Å². The lowest BCUT2D eigenvalue weighted by Crippen LogP contribution is -2.58. The molecule has 0 bridgehead atoms. The zero-order valence-electron chi connectivity index (χ0n) is 22.4. The maximum Gasteiger partial charge on any atom is 0.255 e. The van der Waals surface area contributed by atoms with Crippen LogP contribution in [0.3, 0.4) is 0 Å². The van der Waals surface area contributed by atoms with Gasteiger partial charge in [-0.05, 0) is 49.0 Å². The summed E-state index contributed by atoms with van der Waals surface area (Å²) in [5.74, 6) is -7.25. The highest BCUT2D eigenvalue weighted by Gasteiger charge is 2.60. The molecular formula is C29H35FN2O7. The van der Waals surface area contributed by atoms with Crippen molar-refractivity contribution in [2.75, 3.05) is 13.1 Å². The molecule has 1 aromatic carbocycles. The van der Waals surface area contributed by atoms with Crippen LogP contribution in [0.15, 0.2) is 23.0 Å². The highest BCUT2D eigenvalue weighted by Crippen LogP contribution is 2.52. The van der Waals surface area contributed by atoms with Gasteiger partial charge in [0.15, 0.2) is 11.4 Å². The van der Waals surface area contributed by atoms with E-state index >= 15 is 4.39 Å². The number of aromatic hydroxyl groups is 1. The molecule has 0 heterocycles. The first-order valence-electron chi connectivity index (χ1n) is 13.4. The number of aliphatic hydroxyl groups excluding tert-OH is 2. The molecule has 3 atom stereocenters. The number of fused-ring (bicyclic) bond motifs is 3. The molecule has 1 unspecified atom stereocenters. The average Bonchev–Trinajstić information content (AvgIpc) is 3.62. The summed E-state index contributed by atoms with van der Waals surface area (Å²) in [6.45, 7) is 8.13. The van der Waals surface area contributed by atoms with Gasteiger partial charge in [-0.25, -0.2) is 4.39 Å². The Balaban J connectivity index is 1.55. The number of aliphatic hydroxyl groups is 3. The van der Waals surface area contributed by atoms with Crippen molar-refractivity contribution in [1.82, 2.24) is 4.90 Å². The number of phenols is 1. The highest BCUT2D eigenvalue weighted by atomic mass is 19.1. The van der Waals surface area contributed by atoms with E-state index in [4.69, 9.17) is 5.73 Å². The van der Waals surface area contributed by atoms with Gasteiger partial charge in [-0.1, -0.05) is 20.8 Å². The van der Waals surface area contributed by atoms with Crippen LogP contribution in [-0.2, 0) is 27.3 Å². The number of carbonyl (C=O) groups is 3. The minimum atomic E-state index is -2.64. The number of hydrogen-bond donors (Lipinski definition) is 5. The van der Waals surface area contributed by atoms with Crippen LogP contribution in [0.2, 0.25) is 0 Å². The van der Waals surface area contributed by atoms with Crippen LogP contribution in [-0.4, -0.2) is 61.5 Å². The van der Waals surface area contributed by atoms with E-state index in [1.54, 1.807) is 0 Å². The summed E-state index contributed by atoms with van der Waals surface area (Å²) in [6, 6.07) is 1.26. The number of halogens is 1. The van der Waals surface area contributed by atoms with Gasteiger partial charge in [0.2, 0.25) is 5.78 Å². The molecule has 0 radical (unpaired) electrons. The summed E-state index contributed by atoms with van der Waals surface area (Å²) in [5.41, 5.74) is 1.53. The smallest absolute Gasteiger partial charge is 0.255 e. The van der Waals surface area contributed by atoms with Gasteiger partial charge in [0, 0.05) is 48.7 Å².